The van der Waals surface area contributed by atoms with Crippen molar-refractivity contribution < 1.29 is 23.8 Å². The average molecular weight is 437 g/mol. The molecule has 3 heterocycles. The summed E-state index contributed by atoms with van der Waals surface area (Å²) >= 11 is 0. The van der Waals surface area contributed by atoms with Gasteiger partial charge in [-0.1, -0.05) is 0 Å². The van der Waals surface area contributed by atoms with Gasteiger partial charge in [0.1, 0.15) is 11.3 Å². The van der Waals surface area contributed by atoms with Gasteiger partial charge in [-0.3, -0.25) is 9.59 Å². The van der Waals surface area contributed by atoms with Crippen LogP contribution < -0.4 is 10.2 Å². The Hall–Kier alpha value is -2.93. The van der Waals surface area contributed by atoms with Crippen LogP contribution in [0.3, 0.4) is 0 Å². The number of benzene rings is 1. The maximum atomic E-state index is 12.8. The van der Waals surface area contributed by atoms with Crippen molar-refractivity contribution >= 4 is 12.3 Å². The topological polar surface area (TPSA) is 83.8 Å². The van der Waals surface area contributed by atoms with E-state index in [2.05, 4.69) is 4.57 Å². The standard InChI is InChI=1S/C25H27NO6/c1-2-31-24(29)20-12-26-21(10-22(20)28)19-8-18(13-27)23(32-15-16-4-7-30-14-16)9-17(19)11-25(26)5-3-6-25/h8-10,12-13,16H,2-7,11,14-15H2,1H3. The number of nitrogens with zero attached hydrogens (tertiary/aromatic N) is 1. The van der Waals surface area contributed by atoms with E-state index in [0.29, 0.717) is 30.4 Å². The van der Waals surface area contributed by atoms with Crippen LogP contribution in [0.2, 0.25) is 0 Å². The highest BCUT2D eigenvalue weighted by atomic mass is 16.5. The number of pyridine rings is 1. The second-order valence-corrected chi connectivity index (χ2v) is 8.99. The van der Waals surface area contributed by atoms with Crippen LogP contribution in [0.4, 0.5) is 0 Å². The zero-order valence-electron chi connectivity index (χ0n) is 18.2. The molecule has 1 atom stereocenters. The fraction of sp³-hybridized carbons (Fsp3) is 0.480. The Kier molecular flexibility index (Phi) is 5.37. The van der Waals surface area contributed by atoms with Crippen molar-refractivity contribution in [1.29, 1.82) is 0 Å². The van der Waals surface area contributed by atoms with Crippen LogP contribution >= 0.6 is 0 Å². The first-order valence-corrected chi connectivity index (χ1v) is 11.3. The Bertz CT molecular complexity index is 1120. The third-order valence-electron chi connectivity index (χ3n) is 7.00. The average Bonchev–Trinajstić information content (AvgIpc) is 3.28. The summed E-state index contributed by atoms with van der Waals surface area (Å²) in [5.41, 5.74) is 2.62. The quantitative estimate of drug-likeness (QED) is 0.509. The van der Waals surface area contributed by atoms with Crippen LogP contribution in [0.25, 0.3) is 11.3 Å². The van der Waals surface area contributed by atoms with E-state index in [4.69, 9.17) is 14.2 Å². The van der Waals surface area contributed by atoms with Gasteiger partial charge in [-0.25, -0.2) is 4.79 Å². The number of hydrogen-bond donors (Lipinski definition) is 0. The Balaban J connectivity index is 1.57. The van der Waals surface area contributed by atoms with Gasteiger partial charge in [0.25, 0.3) is 0 Å². The molecule has 5 rings (SSSR count). The summed E-state index contributed by atoms with van der Waals surface area (Å²) in [5.74, 6) is 0.324. The minimum atomic E-state index is -0.596. The molecule has 168 valence electrons. The molecular formula is C25H27NO6. The molecule has 2 aliphatic heterocycles. The maximum absolute atomic E-state index is 12.8. The summed E-state index contributed by atoms with van der Waals surface area (Å²) in [6.45, 7) is 3.89. The Morgan fingerprint density at radius 2 is 2.16 bits per heavy atom. The molecule has 2 fully saturated rings. The second-order valence-electron chi connectivity index (χ2n) is 8.99. The summed E-state index contributed by atoms with van der Waals surface area (Å²) in [5, 5.41) is 0. The molecule has 0 N–H and O–H groups in total. The summed E-state index contributed by atoms with van der Waals surface area (Å²) in [6, 6.07) is 5.28. The maximum Gasteiger partial charge on any atom is 0.343 e. The van der Waals surface area contributed by atoms with Gasteiger partial charge in [0.05, 0.1) is 31.1 Å². The van der Waals surface area contributed by atoms with E-state index in [0.717, 1.165) is 61.8 Å². The zero-order valence-corrected chi connectivity index (χ0v) is 18.2. The molecule has 0 bridgehead atoms. The number of fused-ring (bicyclic) bond motifs is 4. The van der Waals surface area contributed by atoms with Crippen LogP contribution in [0.15, 0.2) is 29.2 Å². The lowest BCUT2D eigenvalue weighted by Crippen LogP contribution is -2.46. The normalized spacial score (nSPS) is 20.2. The highest BCUT2D eigenvalue weighted by Gasteiger charge is 2.43. The number of esters is 1. The number of carbonyl (C=O) groups excluding carboxylic acids is 2. The minimum absolute atomic E-state index is 0.0553. The monoisotopic (exact) mass is 437 g/mol. The van der Waals surface area contributed by atoms with E-state index in [-0.39, 0.29) is 23.1 Å². The number of aromatic nitrogens is 1. The van der Waals surface area contributed by atoms with Crippen molar-refractivity contribution in [3.8, 4) is 17.0 Å². The van der Waals surface area contributed by atoms with Crippen LogP contribution in [0.1, 0.15) is 58.9 Å². The van der Waals surface area contributed by atoms with Crippen molar-refractivity contribution in [2.75, 3.05) is 26.4 Å². The summed E-state index contributed by atoms with van der Waals surface area (Å²) < 4.78 is 18.6. The van der Waals surface area contributed by atoms with Gasteiger partial charge in [0.15, 0.2) is 11.7 Å². The van der Waals surface area contributed by atoms with Gasteiger partial charge in [-0.15, -0.1) is 0 Å². The first-order chi connectivity index (χ1) is 15.5. The molecule has 7 heteroatoms. The molecule has 1 aromatic heterocycles. The van der Waals surface area contributed by atoms with Gasteiger partial charge in [-0.2, -0.15) is 0 Å². The molecule has 1 aromatic carbocycles. The van der Waals surface area contributed by atoms with E-state index in [1.54, 1.807) is 13.1 Å². The molecule has 7 nitrogen and oxygen atoms in total. The summed E-state index contributed by atoms with van der Waals surface area (Å²) in [7, 11) is 0. The molecule has 1 saturated carbocycles. The lowest BCUT2D eigenvalue weighted by atomic mass is 9.69. The molecule has 1 aliphatic carbocycles. The number of ether oxygens (including phenoxy) is 3. The molecular weight excluding hydrogens is 410 g/mol. The van der Waals surface area contributed by atoms with Crippen molar-refractivity contribution in [1.82, 2.24) is 4.57 Å². The van der Waals surface area contributed by atoms with E-state index in [9.17, 15) is 14.4 Å². The molecule has 32 heavy (non-hydrogen) atoms. The largest absolute Gasteiger partial charge is 0.492 e. The summed E-state index contributed by atoms with van der Waals surface area (Å²) in [6.07, 6.45) is 7.21. The second kappa shape index (κ2) is 8.20. The van der Waals surface area contributed by atoms with Crippen LogP contribution in [0, 0.1) is 5.92 Å². The summed E-state index contributed by atoms with van der Waals surface area (Å²) in [4.78, 5) is 37.0. The van der Waals surface area contributed by atoms with Gasteiger partial charge < -0.3 is 18.8 Å². The predicted octanol–water partition coefficient (Wildman–Crippen LogP) is 3.36. The van der Waals surface area contributed by atoms with E-state index in [1.165, 1.54) is 6.07 Å². The number of rotatable bonds is 6. The smallest absolute Gasteiger partial charge is 0.343 e. The molecule has 1 spiro atoms. The predicted molar refractivity (Wildman–Crippen MR) is 117 cm³/mol. The van der Waals surface area contributed by atoms with Crippen molar-refractivity contribution in [2.45, 2.75) is 44.6 Å². The zero-order chi connectivity index (χ0) is 22.3. The number of hydrogen-bond acceptors (Lipinski definition) is 6. The lowest BCUT2D eigenvalue weighted by Gasteiger charge is -2.48. The molecule has 1 unspecified atom stereocenters. The lowest BCUT2D eigenvalue weighted by molar-refractivity contribution is 0.0521. The van der Waals surface area contributed by atoms with Gasteiger partial charge >= 0.3 is 5.97 Å². The molecule has 0 amide bonds. The number of carbonyl (C=O) groups is 2. The van der Waals surface area contributed by atoms with E-state index >= 15 is 0 Å². The van der Waals surface area contributed by atoms with Crippen molar-refractivity contribution in [3.05, 3.63) is 51.3 Å². The third kappa shape index (κ3) is 3.45. The Morgan fingerprint density at radius 1 is 1.31 bits per heavy atom. The van der Waals surface area contributed by atoms with Crippen LogP contribution in [-0.2, 0) is 21.4 Å². The fourth-order valence-electron chi connectivity index (χ4n) is 5.10. The Morgan fingerprint density at radius 3 is 2.81 bits per heavy atom. The van der Waals surface area contributed by atoms with E-state index < -0.39 is 5.97 Å². The first kappa shape index (κ1) is 20.9. The van der Waals surface area contributed by atoms with Gasteiger partial charge in [0.2, 0.25) is 0 Å². The third-order valence-corrected chi connectivity index (χ3v) is 7.00. The molecule has 3 aliphatic rings. The highest BCUT2D eigenvalue weighted by Crippen LogP contribution is 2.49. The van der Waals surface area contributed by atoms with Crippen LogP contribution in [-0.4, -0.2) is 43.3 Å². The van der Waals surface area contributed by atoms with E-state index in [1.807, 2.05) is 12.1 Å². The van der Waals surface area contributed by atoms with Crippen molar-refractivity contribution in [2.24, 2.45) is 5.92 Å². The SMILES string of the molecule is CCOC(=O)c1cn2c(cc1=O)-c1cc(C=O)c(OCC3CCOC3)cc1CC21CCC1. The Labute approximate surface area is 186 Å². The molecule has 1 saturated heterocycles. The van der Waals surface area contributed by atoms with Crippen molar-refractivity contribution in [3.63, 3.8) is 0 Å². The fourth-order valence-corrected chi connectivity index (χ4v) is 5.10. The van der Waals surface area contributed by atoms with Gasteiger partial charge in [-0.05, 0) is 56.7 Å². The van der Waals surface area contributed by atoms with Crippen LogP contribution in [0.5, 0.6) is 5.75 Å². The first-order valence-electron chi connectivity index (χ1n) is 11.3. The highest BCUT2D eigenvalue weighted by molar-refractivity contribution is 5.90. The molecule has 2 aromatic rings. The van der Waals surface area contributed by atoms with Gasteiger partial charge in [0, 0.05) is 35.9 Å². The minimum Gasteiger partial charge on any atom is -0.492 e. The molecule has 0 radical (unpaired) electrons. The number of aldehydes is 1.